The predicted octanol–water partition coefficient (Wildman–Crippen LogP) is 5.45. The summed E-state index contributed by atoms with van der Waals surface area (Å²) >= 11 is 0. The number of hydrogen-bond acceptors (Lipinski definition) is 1. The number of unbranched alkanes of at least 4 members (excludes halogenated alkanes) is 3. The second-order valence-corrected chi connectivity index (χ2v) is 5.82. The third-order valence-electron chi connectivity index (χ3n) is 3.85. The molecule has 0 amide bonds. The van der Waals surface area contributed by atoms with Gasteiger partial charge in [0.2, 0.25) is 0 Å². The van der Waals surface area contributed by atoms with Crippen LogP contribution in [0, 0.1) is 19.7 Å². The van der Waals surface area contributed by atoms with Gasteiger partial charge in [-0.2, -0.15) is 0 Å². The average molecular weight is 279 g/mol. The highest BCUT2D eigenvalue weighted by Gasteiger charge is 2.13. The molecule has 0 saturated carbocycles. The summed E-state index contributed by atoms with van der Waals surface area (Å²) in [5, 5.41) is 3.61. The standard InChI is InChI=1S/C18H30FN/c1-5-7-8-9-10-17(20-11-6-2)16-12-14(3)18(19)15(4)13-16/h12-13,17,20H,5-11H2,1-4H3. The molecule has 1 aromatic rings. The Morgan fingerprint density at radius 2 is 1.65 bits per heavy atom. The van der Waals surface area contributed by atoms with Gasteiger partial charge >= 0.3 is 0 Å². The van der Waals surface area contributed by atoms with Crippen LogP contribution in [0.3, 0.4) is 0 Å². The van der Waals surface area contributed by atoms with Gasteiger partial charge in [-0.1, -0.05) is 51.7 Å². The van der Waals surface area contributed by atoms with Gasteiger partial charge in [-0.25, -0.2) is 4.39 Å². The van der Waals surface area contributed by atoms with E-state index in [-0.39, 0.29) is 5.82 Å². The molecule has 0 heterocycles. The Morgan fingerprint density at radius 1 is 1.00 bits per heavy atom. The summed E-state index contributed by atoms with van der Waals surface area (Å²) in [6.07, 6.45) is 7.38. The van der Waals surface area contributed by atoms with Crippen LogP contribution in [0.1, 0.15) is 75.1 Å². The maximum atomic E-state index is 13.8. The number of nitrogens with one attached hydrogen (secondary N) is 1. The molecule has 1 rings (SSSR count). The Kier molecular flexibility index (Phi) is 7.83. The zero-order valence-electron chi connectivity index (χ0n) is 13.6. The van der Waals surface area contributed by atoms with E-state index < -0.39 is 0 Å². The molecule has 1 aromatic carbocycles. The fourth-order valence-corrected chi connectivity index (χ4v) is 2.66. The van der Waals surface area contributed by atoms with Crippen molar-refractivity contribution in [2.24, 2.45) is 0 Å². The Morgan fingerprint density at radius 3 is 2.20 bits per heavy atom. The molecule has 1 N–H and O–H groups in total. The van der Waals surface area contributed by atoms with Gasteiger partial charge in [0.05, 0.1) is 0 Å². The van der Waals surface area contributed by atoms with E-state index in [0.29, 0.717) is 6.04 Å². The molecule has 2 heteroatoms. The third kappa shape index (κ3) is 5.24. The Hall–Kier alpha value is -0.890. The lowest BCUT2D eigenvalue weighted by atomic mass is 9.96. The van der Waals surface area contributed by atoms with Crippen LogP contribution < -0.4 is 5.32 Å². The Bertz CT molecular complexity index is 377. The topological polar surface area (TPSA) is 12.0 Å². The summed E-state index contributed by atoms with van der Waals surface area (Å²) in [6.45, 7) is 9.16. The highest BCUT2D eigenvalue weighted by molar-refractivity contribution is 5.32. The van der Waals surface area contributed by atoms with Crippen LogP contribution in [-0.2, 0) is 0 Å². The van der Waals surface area contributed by atoms with Crippen molar-refractivity contribution in [2.75, 3.05) is 6.54 Å². The van der Waals surface area contributed by atoms with Crippen molar-refractivity contribution in [3.63, 3.8) is 0 Å². The fraction of sp³-hybridized carbons (Fsp3) is 0.667. The Labute approximate surface area is 124 Å². The molecule has 0 saturated heterocycles. The van der Waals surface area contributed by atoms with E-state index in [1.807, 2.05) is 26.0 Å². The van der Waals surface area contributed by atoms with Gasteiger partial charge in [-0.3, -0.25) is 0 Å². The lowest BCUT2D eigenvalue weighted by Gasteiger charge is -2.20. The van der Waals surface area contributed by atoms with E-state index in [0.717, 1.165) is 30.5 Å². The lowest BCUT2D eigenvalue weighted by Crippen LogP contribution is -2.22. The quantitative estimate of drug-likeness (QED) is 0.592. The van der Waals surface area contributed by atoms with Crippen molar-refractivity contribution in [1.82, 2.24) is 5.32 Å². The molecule has 0 aliphatic carbocycles. The first-order valence-corrected chi connectivity index (χ1v) is 8.10. The fourth-order valence-electron chi connectivity index (χ4n) is 2.66. The third-order valence-corrected chi connectivity index (χ3v) is 3.85. The maximum absolute atomic E-state index is 13.8. The van der Waals surface area contributed by atoms with Crippen LogP contribution >= 0.6 is 0 Å². The minimum Gasteiger partial charge on any atom is -0.310 e. The van der Waals surface area contributed by atoms with Crippen LogP contribution in [0.2, 0.25) is 0 Å². The van der Waals surface area contributed by atoms with Crippen molar-refractivity contribution >= 4 is 0 Å². The van der Waals surface area contributed by atoms with E-state index in [2.05, 4.69) is 19.2 Å². The molecule has 114 valence electrons. The highest BCUT2D eigenvalue weighted by Crippen LogP contribution is 2.24. The van der Waals surface area contributed by atoms with Gasteiger partial charge < -0.3 is 5.32 Å². The first kappa shape index (κ1) is 17.2. The Balaban J connectivity index is 2.75. The van der Waals surface area contributed by atoms with Gasteiger partial charge in [0.15, 0.2) is 0 Å². The molecular formula is C18H30FN. The summed E-state index contributed by atoms with van der Waals surface area (Å²) in [5.41, 5.74) is 2.76. The van der Waals surface area contributed by atoms with Crippen LogP contribution in [0.25, 0.3) is 0 Å². The second kappa shape index (κ2) is 9.12. The van der Waals surface area contributed by atoms with E-state index in [9.17, 15) is 4.39 Å². The van der Waals surface area contributed by atoms with Crippen molar-refractivity contribution < 1.29 is 4.39 Å². The SMILES string of the molecule is CCCCCCC(NCCC)c1cc(C)c(F)c(C)c1. The smallest absolute Gasteiger partial charge is 0.129 e. The van der Waals surface area contributed by atoms with Gasteiger partial charge in [-0.15, -0.1) is 0 Å². The van der Waals surface area contributed by atoms with Crippen molar-refractivity contribution in [3.8, 4) is 0 Å². The summed E-state index contributed by atoms with van der Waals surface area (Å²) < 4.78 is 13.8. The van der Waals surface area contributed by atoms with E-state index in [1.54, 1.807) is 0 Å². The normalized spacial score (nSPS) is 12.7. The minimum atomic E-state index is -0.0611. The molecule has 1 nitrogen and oxygen atoms in total. The maximum Gasteiger partial charge on any atom is 0.129 e. The summed E-state index contributed by atoms with van der Waals surface area (Å²) in [4.78, 5) is 0. The highest BCUT2D eigenvalue weighted by atomic mass is 19.1. The van der Waals surface area contributed by atoms with E-state index in [1.165, 1.54) is 31.2 Å². The number of rotatable bonds is 9. The average Bonchev–Trinajstić information content (AvgIpc) is 2.43. The van der Waals surface area contributed by atoms with Gasteiger partial charge in [0.25, 0.3) is 0 Å². The molecule has 0 spiro atoms. The van der Waals surface area contributed by atoms with Crippen LogP contribution in [-0.4, -0.2) is 6.54 Å². The van der Waals surface area contributed by atoms with Crippen molar-refractivity contribution in [3.05, 3.63) is 34.6 Å². The molecule has 0 bridgehead atoms. The number of halogens is 1. The first-order valence-electron chi connectivity index (χ1n) is 8.10. The molecule has 20 heavy (non-hydrogen) atoms. The second-order valence-electron chi connectivity index (χ2n) is 5.82. The van der Waals surface area contributed by atoms with E-state index in [4.69, 9.17) is 0 Å². The summed E-state index contributed by atoms with van der Waals surface area (Å²) in [5.74, 6) is -0.0611. The van der Waals surface area contributed by atoms with Gasteiger partial charge in [-0.05, 0) is 49.9 Å². The lowest BCUT2D eigenvalue weighted by molar-refractivity contribution is 0.469. The number of hydrogen-bond donors (Lipinski definition) is 1. The molecule has 1 atom stereocenters. The minimum absolute atomic E-state index is 0.0611. The molecule has 0 radical (unpaired) electrons. The monoisotopic (exact) mass is 279 g/mol. The van der Waals surface area contributed by atoms with Crippen LogP contribution in [0.4, 0.5) is 4.39 Å². The number of aryl methyl sites for hydroxylation is 2. The predicted molar refractivity (Wildman–Crippen MR) is 85.7 cm³/mol. The molecule has 1 unspecified atom stereocenters. The van der Waals surface area contributed by atoms with Crippen molar-refractivity contribution in [1.29, 1.82) is 0 Å². The molecule has 0 fully saturated rings. The first-order chi connectivity index (χ1) is 9.60. The summed E-state index contributed by atoms with van der Waals surface area (Å²) in [6, 6.07) is 4.38. The van der Waals surface area contributed by atoms with E-state index >= 15 is 0 Å². The molecular weight excluding hydrogens is 249 g/mol. The van der Waals surface area contributed by atoms with Gasteiger partial charge in [0, 0.05) is 6.04 Å². The molecule has 0 aliphatic rings. The zero-order chi connectivity index (χ0) is 15.0. The molecule has 0 aliphatic heterocycles. The van der Waals surface area contributed by atoms with Crippen LogP contribution in [0.15, 0.2) is 12.1 Å². The van der Waals surface area contributed by atoms with Crippen LogP contribution in [0.5, 0.6) is 0 Å². The zero-order valence-corrected chi connectivity index (χ0v) is 13.6. The molecule has 0 aromatic heterocycles. The van der Waals surface area contributed by atoms with Crippen molar-refractivity contribution in [2.45, 2.75) is 72.3 Å². The largest absolute Gasteiger partial charge is 0.310 e. The van der Waals surface area contributed by atoms with Gasteiger partial charge in [0.1, 0.15) is 5.82 Å². The number of benzene rings is 1. The summed E-state index contributed by atoms with van der Waals surface area (Å²) in [7, 11) is 0.